The first kappa shape index (κ1) is 27.7. The minimum atomic E-state index is -0.640. The number of methoxy groups -OCH3 is 1. The molecule has 1 aromatic carbocycles. The van der Waals surface area contributed by atoms with E-state index >= 15 is 0 Å². The van der Waals surface area contributed by atoms with Crippen molar-refractivity contribution in [3.63, 3.8) is 0 Å². The van der Waals surface area contributed by atoms with Crippen LogP contribution in [0.3, 0.4) is 0 Å². The highest BCUT2D eigenvalue weighted by Gasteiger charge is 2.27. The Morgan fingerprint density at radius 1 is 1.00 bits per heavy atom. The number of benzene rings is 1. The fraction of sp³-hybridized carbons (Fsp3) is 0.348. The summed E-state index contributed by atoms with van der Waals surface area (Å²) in [6.45, 7) is 5.33. The molecule has 0 spiro atoms. The monoisotopic (exact) mass is 521 g/mol. The maximum atomic E-state index is 12.6. The molecule has 2 N–H and O–H groups in total. The molecular formula is C23H27N3O7S2. The van der Waals surface area contributed by atoms with Gasteiger partial charge in [0.25, 0.3) is 5.91 Å². The van der Waals surface area contributed by atoms with E-state index in [1.54, 1.807) is 34.9 Å². The zero-order chi connectivity index (χ0) is 26.3. The van der Waals surface area contributed by atoms with E-state index in [0.29, 0.717) is 10.4 Å². The lowest BCUT2D eigenvalue weighted by atomic mass is 10.1. The molecule has 188 valence electrons. The van der Waals surface area contributed by atoms with E-state index in [1.807, 2.05) is 0 Å². The average Bonchev–Trinajstić information content (AvgIpc) is 3.13. The van der Waals surface area contributed by atoms with E-state index in [-0.39, 0.29) is 51.6 Å². The third kappa shape index (κ3) is 6.55. The van der Waals surface area contributed by atoms with Gasteiger partial charge in [0.1, 0.15) is 5.00 Å². The summed E-state index contributed by atoms with van der Waals surface area (Å²) in [5.74, 6) is -2.11. The van der Waals surface area contributed by atoms with Crippen LogP contribution in [0.25, 0.3) is 0 Å². The Morgan fingerprint density at radius 2 is 1.63 bits per heavy atom. The van der Waals surface area contributed by atoms with Gasteiger partial charge in [-0.05, 0) is 56.8 Å². The lowest BCUT2D eigenvalue weighted by molar-refractivity contribution is 0.0512. The van der Waals surface area contributed by atoms with E-state index in [1.165, 1.54) is 30.2 Å². The van der Waals surface area contributed by atoms with E-state index in [0.717, 1.165) is 11.3 Å². The number of carbonyl (C=O) groups is 4. The van der Waals surface area contributed by atoms with Crippen LogP contribution >= 0.6 is 23.6 Å². The third-order valence-electron chi connectivity index (χ3n) is 4.64. The molecule has 1 heterocycles. The average molecular weight is 522 g/mol. The van der Waals surface area contributed by atoms with Gasteiger partial charge in [-0.1, -0.05) is 0 Å². The molecule has 0 saturated carbocycles. The topological polar surface area (TPSA) is 123 Å². The van der Waals surface area contributed by atoms with Gasteiger partial charge in [-0.3, -0.25) is 4.79 Å². The molecule has 1 amide bonds. The number of nitrogens with one attached hydrogen (secondary N) is 2. The van der Waals surface area contributed by atoms with E-state index in [2.05, 4.69) is 10.6 Å². The summed E-state index contributed by atoms with van der Waals surface area (Å²) in [5.41, 5.74) is 1.15. The highest BCUT2D eigenvalue weighted by molar-refractivity contribution is 7.80. The molecule has 0 bridgehead atoms. The number of hydrogen-bond donors (Lipinski definition) is 2. The van der Waals surface area contributed by atoms with Crippen molar-refractivity contribution in [2.24, 2.45) is 0 Å². The first-order valence-corrected chi connectivity index (χ1v) is 11.8. The second-order valence-corrected chi connectivity index (χ2v) is 8.66. The molecule has 0 saturated heterocycles. The Labute approximate surface area is 212 Å². The molecule has 12 heteroatoms. The van der Waals surface area contributed by atoms with Crippen LogP contribution in [-0.2, 0) is 14.2 Å². The fourth-order valence-corrected chi connectivity index (χ4v) is 4.49. The summed E-state index contributed by atoms with van der Waals surface area (Å²) >= 11 is 6.45. The number of hydrogen-bond acceptors (Lipinski definition) is 9. The van der Waals surface area contributed by atoms with E-state index in [9.17, 15) is 19.2 Å². The number of carbonyl (C=O) groups excluding carboxylic acids is 4. The lowest BCUT2D eigenvalue weighted by Gasteiger charge is -2.15. The predicted octanol–water partition coefficient (Wildman–Crippen LogP) is 3.71. The van der Waals surface area contributed by atoms with Crippen LogP contribution in [0.1, 0.15) is 60.2 Å². The summed E-state index contributed by atoms with van der Waals surface area (Å²) < 4.78 is 15.0. The fourth-order valence-electron chi connectivity index (χ4n) is 2.99. The predicted molar refractivity (Wildman–Crippen MR) is 137 cm³/mol. The van der Waals surface area contributed by atoms with Crippen molar-refractivity contribution in [1.82, 2.24) is 4.90 Å². The number of esters is 3. The molecule has 0 fully saturated rings. The minimum Gasteiger partial charge on any atom is -0.465 e. The van der Waals surface area contributed by atoms with Crippen LogP contribution in [0.4, 0.5) is 10.7 Å². The van der Waals surface area contributed by atoms with Gasteiger partial charge < -0.3 is 29.7 Å². The number of nitrogens with zero attached hydrogens (tertiary/aromatic N) is 1. The molecule has 0 radical (unpaired) electrons. The molecular weight excluding hydrogens is 494 g/mol. The number of anilines is 2. The summed E-state index contributed by atoms with van der Waals surface area (Å²) in [7, 11) is 4.44. The maximum Gasteiger partial charge on any atom is 0.341 e. The first-order valence-electron chi connectivity index (χ1n) is 10.5. The van der Waals surface area contributed by atoms with Gasteiger partial charge in [-0.2, -0.15) is 0 Å². The van der Waals surface area contributed by atoms with Crippen molar-refractivity contribution in [2.75, 3.05) is 45.1 Å². The van der Waals surface area contributed by atoms with Crippen molar-refractivity contribution in [3.05, 3.63) is 45.3 Å². The van der Waals surface area contributed by atoms with Gasteiger partial charge >= 0.3 is 17.9 Å². The Morgan fingerprint density at radius 3 is 2.20 bits per heavy atom. The van der Waals surface area contributed by atoms with Crippen molar-refractivity contribution in [1.29, 1.82) is 0 Å². The number of ether oxygens (including phenoxy) is 3. The highest BCUT2D eigenvalue weighted by Crippen LogP contribution is 2.34. The molecule has 0 aliphatic rings. The van der Waals surface area contributed by atoms with Crippen molar-refractivity contribution in [2.45, 2.75) is 20.8 Å². The standard InChI is InChI=1S/C23H27N3O7S2/c1-7-32-20(28)13-9-10-14(21(29)33-8-2)15(11-13)24-23(34)25-18-16(22(30)31-6)12(3)17(35-18)19(27)26(4)5/h9-11H,7-8H2,1-6H3,(H2,24,25,34). The molecule has 10 nitrogen and oxygen atoms in total. The second kappa shape index (κ2) is 12.3. The first-order chi connectivity index (χ1) is 16.5. The van der Waals surface area contributed by atoms with Crippen LogP contribution in [0.15, 0.2) is 18.2 Å². The minimum absolute atomic E-state index is 0.00631. The number of thiophene rings is 1. The van der Waals surface area contributed by atoms with Crippen molar-refractivity contribution >= 4 is 63.2 Å². The SMILES string of the molecule is CCOC(=O)c1ccc(C(=O)OCC)c(NC(=S)Nc2sc(C(=O)N(C)C)c(C)c2C(=O)OC)c1. The van der Waals surface area contributed by atoms with Crippen molar-refractivity contribution in [3.8, 4) is 0 Å². The summed E-state index contributed by atoms with van der Waals surface area (Å²) in [6, 6.07) is 4.29. The maximum absolute atomic E-state index is 12.6. The molecule has 35 heavy (non-hydrogen) atoms. The molecule has 0 unspecified atom stereocenters. The molecule has 2 rings (SSSR count). The van der Waals surface area contributed by atoms with Crippen LogP contribution in [0.5, 0.6) is 0 Å². The summed E-state index contributed by atoms with van der Waals surface area (Å²) in [4.78, 5) is 51.4. The van der Waals surface area contributed by atoms with Gasteiger partial charge in [-0.15, -0.1) is 11.3 Å². The van der Waals surface area contributed by atoms with E-state index < -0.39 is 17.9 Å². The van der Waals surface area contributed by atoms with Gasteiger partial charge in [0.15, 0.2) is 5.11 Å². The Hall–Kier alpha value is -3.51. The van der Waals surface area contributed by atoms with Gasteiger partial charge in [0.2, 0.25) is 0 Å². The zero-order valence-electron chi connectivity index (χ0n) is 20.3. The number of rotatable bonds is 8. The Bertz CT molecular complexity index is 1160. The zero-order valence-corrected chi connectivity index (χ0v) is 21.9. The number of thiocarbonyl (C=S) groups is 1. The quantitative estimate of drug-likeness (QED) is 0.302. The molecule has 0 aliphatic heterocycles. The van der Waals surface area contributed by atoms with Crippen LogP contribution in [0.2, 0.25) is 0 Å². The normalized spacial score (nSPS) is 10.2. The van der Waals surface area contributed by atoms with Gasteiger partial charge in [-0.25, -0.2) is 14.4 Å². The highest BCUT2D eigenvalue weighted by atomic mass is 32.1. The van der Waals surface area contributed by atoms with Crippen LogP contribution in [0, 0.1) is 6.92 Å². The summed E-state index contributed by atoms with van der Waals surface area (Å²) in [5, 5.41) is 6.07. The molecule has 2 aromatic rings. The Balaban J connectivity index is 2.44. The molecule has 1 aromatic heterocycles. The van der Waals surface area contributed by atoms with Crippen molar-refractivity contribution < 1.29 is 33.4 Å². The molecule has 0 aliphatic carbocycles. The van der Waals surface area contributed by atoms with Crippen LogP contribution in [-0.4, -0.2) is 68.2 Å². The van der Waals surface area contributed by atoms with Crippen LogP contribution < -0.4 is 10.6 Å². The van der Waals surface area contributed by atoms with Gasteiger partial charge in [0.05, 0.1) is 47.6 Å². The summed E-state index contributed by atoms with van der Waals surface area (Å²) in [6.07, 6.45) is 0. The van der Waals surface area contributed by atoms with Gasteiger partial charge in [0, 0.05) is 14.1 Å². The molecule has 0 atom stereocenters. The third-order valence-corrected chi connectivity index (χ3v) is 6.04. The smallest absolute Gasteiger partial charge is 0.341 e. The lowest BCUT2D eigenvalue weighted by Crippen LogP contribution is -2.22. The Kier molecular flexibility index (Phi) is 9.72. The second-order valence-electron chi connectivity index (χ2n) is 7.23. The number of amides is 1. The largest absolute Gasteiger partial charge is 0.465 e. The van der Waals surface area contributed by atoms with E-state index in [4.69, 9.17) is 26.4 Å².